The van der Waals surface area contributed by atoms with Crippen molar-refractivity contribution in [2.75, 3.05) is 14.2 Å². The van der Waals surface area contributed by atoms with Crippen LogP contribution in [0.15, 0.2) is 58.2 Å². The van der Waals surface area contributed by atoms with Gasteiger partial charge in [0.25, 0.3) is 5.22 Å². The Bertz CT molecular complexity index is 910. The molecular weight excluding hydrogens is 378 g/mol. The molecule has 0 spiro atoms. The van der Waals surface area contributed by atoms with Crippen LogP contribution in [0.4, 0.5) is 0 Å². The van der Waals surface area contributed by atoms with Gasteiger partial charge in [0.05, 0.1) is 19.5 Å². The fourth-order valence-electron chi connectivity index (χ4n) is 2.39. The number of carbonyl (C=O) groups excluding carboxylic acids is 1. The molecule has 7 nitrogen and oxygen atoms in total. The summed E-state index contributed by atoms with van der Waals surface area (Å²) in [6.45, 7) is 2.24. The van der Waals surface area contributed by atoms with Gasteiger partial charge in [-0.2, -0.15) is 0 Å². The molecule has 0 bridgehead atoms. The molecule has 146 valence electrons. The molecule has 8 heteroatoms. The van der Waals surface area contributed by atoms with E-state index < -0.39 is 0 Å². The van der Waals surface area contributed by atoms with Gasteiger partial charge in [-0.3, -0.25) is 4.79 Å². The first-order valence-electron chi connectivity index (χ1n) is 8.64. The van der Waals surface area contributed by atoms with E-state index in [0.717, 1.165) is 22.6 Å². The maximum absolute atomic E-state index is 12.3. The first-order valence-corrected chi connectivity index (χ1v) is 9.52. The molecule has 1 heterocycles. The second kappa shape index (κ2) is 9.27. The average Bonchev–Trinajstić information content (AvgIpc) is 3.20. The fourth-order valence-corrected chi connectivity index (χ4v) is 3.10. The Hall–Kier alpha value is -3.00. The molecule has 0 aliphatic carbocycles. The van der Waals surface area contributed by atoms with Gasteiger partial charge in [-0.1, -0.05) is 23.9 Å². The smallest absolute Gasteiger partial charge is 0.277 e. The van der Waals surface area contributed by atoms with E-state index in [0.29, 0.717) is 17.7 Å². The predicted octanol–water partition coefficient (Wildman–Crippen LogP) is 3.55. The maximum Gasteiger partial charge on any atom is 0.277 e. The molecule has 3 rings (SSSR count). The van der Waals surface area contributed by atoms with Gasteiger partial charge >= 0.3 is 0 Å². The van der Waals surface area contributed by atoms with Gasteiger partial charge in [0.15, 0.2) is 0 Å². The van der Waals surface area contributed by atoms with Crippen molar-refractivity contribution >= 4 is 17.7 Å². The highest BCUT2D eigenvalue weighted by atomic mass is 32.2. The van der Waals surface area contributed by atoms with Gasteiger partial charge < -0.3 is 19.2 Å². The highest BCUT2D eigenvalue weighted by Crippen LogP contribution is 2.27. The van der Waals surface area contributed by atoms with Gasteiger partial charge in [-0.15, -0.1) is 10.2 Å². The third-order valence-electron chi connectivity index (χ3n) is 4.02. The van der Waals surface area contributed by atoms with Crippen LogP contribution >= 0.6 is 11.8 Å². The third kappa shape index (κ3) is 5.04. The van der Waals surface area contributed by atoms with Crippen molar-refractivity contribution in [2.45, 2.75) is 23.9 Å². The number of benzene rings is 2. The lowest BCUT2D eigenvalue weighted by Crippen LogP contribution is -2.30. The quantitative estimate of drug-likeness (QED) is 0.580. The molecule has 1 aromatic heterocycles. The second-order valence-corrected chi connectivity index (χ2v) is 7.22. The zero-order chi connectivity index (χ0) is 19.9. The summed E-state index contributed by atoms with van der Waals surface area (Å²) in [5.41, 5.74) is 1.78. The number of thioether (sulfide) groups is 1. The Morgan fingerprint density at radius 3 is 2.25 bits per heavy atom. The van der Waals surface area contributed by atoms with Crippen LogP contribution < -0.4 is 14.8 Å². The summed E-state index contributed by atoms with van der Waals surface area (Å²) in [6, 6.07) is 14.9. The average molecular weight is 399 g/mol. The lowest BCUT2D eigenvalue weighted by Gasteiger charge is -2.10. The van der Waals surface area contributed by atoms with Crippen LogP contribution in [0.1, 0.15) is 12.5 Å². The van der Waals surface area contributed by atoms with E-state index in [-0.39, 0.29) is 11.2 Å². The third-order valence-corrected chi connectivity index (χ3v) is 4.95. The normalized spacial score (nSPS) is 11.7. The molecule has 0 saturated carbocycles. The van der Waals surface area contributed by atoms with E-state index in [4.69, 9.17) is 13.9 Å². The molecule has 0 unspecified atom stereocenters. The molecule has 0 saturated heterocycles. The number of amides is 1. The van der Waals surface area contributed by atoms with Crippen molar-refractivity contribution in [3.05, 3.63) is 54.1 Å². The van der Waals surface area contributed by atoms with Crippen molar-refractivity contribution in [1.29, 1.82) is 0 Å². The van der Waals surface area contributed by atoms with E-state index in [1.807, 2.05) is 48.5 Å². The van der Waals surface area contributed by atoms with Gasteiger partial charge in [-0.05, 0) is 48.9 Å². The number of nitrogens with zero attached hydrogens (tertiary/aromatic N) is 2. The van der Waals surface area contributed by atoms with Gasteiger partial charge in [0.1, 0.15) is 11.5 Å². The molecule has 0 aliphatic rings. The highest BCUT2D eigenvalue weighted by Gasteiger charge is 2.18. The van der Waals surface area contributed by atoms with Gasteiger partial charge in [-0.25, -0.2) is 0 Å². The summed E-state index contributed by atoms with van der Waals surface area (Å²) < 4.78 is 15.9. The Morgan fingerprint density at radius 1 is 1.04 bits per heavy atom. The minimum absolute atomic E-state index is 0.106. The van der Waals surface area contributed by atoms with Crippen molar-refractivity contribution in [3.8, 4) is 23.0 Å². The van der Waals surface area contributed by atoms with Crippen molar-refractivity contribution < 1.29 is 18.7 Å². The largest absolute Gasteiger partial charge is 0.497 e. The Labute approximate surface area is 167 Å². The number of aromatic nitrogens is 2. The van der Waals surface area contributed by atoms with E-state index in [9.17, 15) is 4.79 Å². The lowest BCUT2D eigenvalue weighted by molar-refractivity contribution is -0.120. The Balaban J connectivity index is 1.54. The summed E-state index contributed by atoms with van der Waals surface area (Å²) >= 11 is 1.22. The summed E-state index contributed by atoms with van der Waals surface area (Å²) in [7, 11) is 3.23. The predicted molar refractivity (Wildman–Crippen MR) is 106 cm³/mol. The second-order valence-electron chi connectivity index (χ2n) is 5.93. The van der Waals surface area contributed by atoms with Crippen molar-refractivity contribution in [1.82, 2.24) is 15.5 Å². The SMILES string of the molecule is COc1ccc(CNC(=O)[C@H](C)Sc2nnc(-c3ccc(OC)cc3)o2)cc1. The molecule has 1 amide bonds. The van der Waals surface area contributed by atoms with E-state index in [1.54, 1.807) is 21.1 Å². The lowest BCUT2D eigenvalue weighted by atomic mass is 10.2. The minimum Gasteiger partial charge on any atom is -0.497 e. The zero-order valence-corrected chi connectivity index (χ0v) is 16.7. The number of carbonyl (C=O) groups is 1. The van der Waals surface area contributed by atoms with Crippen molar-refractivity contribution in [3.63, 3.8) is 0 Å². The number of hydrogen-bond acceptors (Lipinski definition) is 7. The molecule has 0 radical (unpaired) electrons. The molecule has 28 heavy (non-hydrogen) atoms. The van der Waals surface area contributed by atoms with Gasteiger partial charge in [0.2, 0.25) is 11.8 Å². The van der Waals surface area contributed by atoms with Crippen LogP contribution in [-0.2, 0) is 11.3 Å². The van der Waals surface area contributed by atoms with E-state index in [2.05, 4.69) is 15.5 Å². The van der Waals surface area contributed by atoms with Gasteiger partial charge in [0, 0.05) is 12.1 Å². The molecule has 0 fully saturated rings. The number of nitrogens with one attached hydrogen (secondary N) is 1. The van der Waals surface area contributed by atoms with E-state index in [1.165, 1.54) is 11.8 Å². The van der Waals surface area contributed by atoms with Crippen LogP contribution in [0.5, 0.6) is 11.5 Å². The van der Waals surface area contributed by atoms with Crippen LogP contribution in [0.25, 0.3) is 11.5 Å². The Kier molecular flexibility index (Phi) is 6.54. The zero-order valence-electron chi connectivity index (χ0n) is 15.8. The highest BCUT2D eigenvalue weighted by molar-refractivity contribution is 8.00. The molecule has 3 aromatic rings. The summed E-state index contributed by atoms with van der Waals surface area (Å²) in [6.07, 6.45) is 0. The number of rotatable bonds is 8. The summed E-state index contributed by atoms with van der Waals surface area (Å²) in [5.74, 6) is 1.82. The summed E-state index contributed by atoms with van der Waals surface area (Å²) in [5, 5.41) is 10.9. The molecular formula is C20H21N3O4S. The fraction of sp³-hybridized carbons (Fsp3) is 0.250. The number of hydrogen-bond donors (Lipinski definition) is 1. The summed E-state index contributed by atoms with van der Waals surface area (Å²) in [4.78, 5) is 12.3. The maximum atomic E-state index is 12.3. The first-order chi connectivity index (χ1) is 13.6. The Morgan fingerprint density at radius 2 is 1.64 bits per heavy atom. The monoisotopic (exact) mass is 399 g/mol. The molecule has 1 atom stereocenters. The topological polar surface area (TPSA) is 86.5 Å². The standard InChI is InChI=1S/C20H21N3O4S/c1-13(18(24)21-12-14-4-8-16(25-2)9-5-14)28-20-23-22-19(27-20)15-6-10-17(26-3)11-7-15/h4-11,13H,12H2,1-3H3,(H,21,24)/t13-/m0/s1. The molecule has 0 aliphatic heterocycles. The molecule has 2 aromatic carbocycles. The van der Waals surface area contributed by atoms with Crippen molar-refractivity contribution in [2.24, 2.45) is 0 Å². The van der Waals surface area contributed by atoms with E-state index >= 15 is 0 Å². The molecule has 1 N–H and O–H groups in total. The number of ether oxygens (including phenoxy) is 2. The van der Waals surface area contributed by atoms with Crippen LogP contribution in [0.2, 0.25) is 0 Å². The van der Waals surface area contributed by atoms with Crippen LogP contribution in [-0.4, -0.2) is 35.6 Å². The first kappa shape index (κ1) is 19.8. The van der Waals surface area contributed by atoms with Crippen LogP contribution in [0, 0.1) is 0 Å². The van der Waals surface area contributed by atoms with Crippen LogP contribution in [0.3, 0.4) is 0 Å². The number of methoxy groups -OCH3 is 2. The minimum atomic E-state index is -0.373.